The van der Waals surface area contributed by atoms with E-state index in [4.69, 9.17) is 4.99 Å². The molecule has 5 nitrogen and oxygen atoms in total. The number of hydrogen-bond donors (Lipinski definition) is 2. The first-order valence-corrected chi connectivity index (χ1v) is 9.75. The molecular weight excluding hydrogens is 437 g/mol. The number of anilines is 1. The van der Waals surface area contributed by atoms with Crippen LogP contribution in [0.25, 0.3) is 0 Å². The molecule has 0 bridgehead atoms. The summed E-state index contributed by atoms with van der Waals surface area (Å²) < 4.78 is 0. The Morgan fingerprint density at radius 2 is 1.92 bits per heavy atom. The van der Waals surface area contributed by atoms with Crippen LogP contribution in [-0.4, -0.2) is 36.6 Å². The third-order valence-corrected chi connectivity index (χ3v) is 4.85. The molecule has 1 aromatic rings. The summed E-state index contributed by atoms with van der Waals surface area (Å²) in [4.78, 5) is 11.8. The number of aliphatic imine (C=N–C) groups is 1. The zero-order chi connectivity index (χ0) is 17.3. The Balaban J connectivity index is 0.00000243. The van der Waals surface area contributed by atoms with Crippen LogP contribution in [0.5, 0.6) is 0 Å². The van der Waals surface area contributed by atoms with E-state index in [1.165, 1.54) is 31.2 Å². The van der Waals surface area contributed by atoms with Crippen molar-refractivity contribution in [2.24, 2.45) is 4.99 Å². The number of aromatic nitrogens is 1. The first-order chi connectivity index (χ1) is 12.3. The highest BCUT2D eigenvalue weighted by atomic mass is 127. The van der Waals surface area contributed by atoms with Gasteiger partial charge in [0.05, 0.1) is 6.54 Å². The highest BCUT2D eigenvalue weighted by Gasteiger charge is 2.13. The van der Waals surface area contributed by atoms with Gasteiger partial charge in [-0.2, -0.15) is 0 Å². The van der Waals surface area contributed by atoms with Gasteiger partial charge in [0, 0.05) is 31.9 Å². The zero-order valence-corrected chi connectivity index (χ0v) is 18.1. The Morgan fingerprint density at radius 1 is 1.19 bits per heavy atom. The predicted molar refractivity (Wildman–Crippen MR) is 120 cm³/mol. The Bertz CT molecular complexity index is 586. The van der Waals surface area contributed by atoms with Gasteiger partial charge in [-0.3, -0.25) is 0 Å². The van der Waals surface area contributed by atoms with Crippen molar-refractivity contribution in [3.05, 3.63) is 36.0 Å². The molecule has 144 valence electrons. The topological polar surface area (TPSA) is 52.6 Å². The smallest absolute Gasteiger partial charge is 0.191 e. The van der Waals surface area contributed by atoms with Gasteiger partial charge < -0.3 is 15.5 Å². The maximum Gasteiger partial charge on any atom is 0.191 e. The van der Waals surface area contributed by atoms with Crippen LogP contribution in [0.1, 0.15) is 51.0 Å². The van der Waals surface area contributed by atoms with Gasteiger partial charge in [-0.05, 0) is 50.3 Å². The molecule has 1 aromatic heterocycles. The van der Waals surface area contributed by atoms with Crippen molar-refractivity contribution in [1.82, 2.24) is 15.6 Å². The largest absolute Gasteiger partial charge is 0.357 e. The highest BCUT2D eigenvalue weighted by molar-refractivity contribution is 14.0. The summed E-state index contributed by atoms with van der Waals surface area (Å²) in [6, 6.07) is 4.75. The molecule has 26 heavy (non-hydrogen) atoms. The Kier molecular flexibility index (Phi) is 9.22. The lowest BCUT2D eigenvalue weighted by Crippen LogP contribution is -2.42. The number of nitrogens with zero attached hydrogens (tertiary/aromatic N) is 3. The number of rotatable bonds is 5. The third-order valence-electron chi connectivity index (χ3n) is 4.85. The summed E-state index contributed by atoms with van der Waals surface area (Å²) in [5, 5.41) is 6.87. The van der Waals surface area contributed by atoms with Gasteiger partial charge in [0.15, 0.2) is 5.96 Å². The normalized spacial score (nSPS) is 18.3. The SMILES string of the molecule is CCNC(=NCc1ccnc(N2CCCCCC2)c1)NC1CC=CC1.I. The maximum absolute atomic E-state index is 4.77. The molecule has 1 fully saturated rings. The minimum absolute atomic E-state index is 0. The van der Waals surface area contributed by atoms with Gasteiger partial charge in [0.2, 0.25) is 0 Å². The molecule has 2 aliphatic rings. The van der Waals surface area contributed by atoms with Gasteiger partial charge in [0.1, 0.15) is 5.82 Å². The van der Waals surface area contributed by atoms with E-state index in [1.54, 1.807) is 0 Å². The number of halogens is 1. The Labute approximate surface area is 174 Å². The van der Waals surface area contributed by atoms with Crippen LogP contribution in [0.4, 0.5) is 5.82 Å². The summed E-state index contributed by atoms with van der Waals surface area (Å²) in [5.41, 5.74) is 1.22. The summed E-state index contributed by atoms with van der Waals surface area (Å²) in [6.07, 6.45) is 13.8. The molecule has 0 unspecified atom stereocenters. The molecule has 1 saturated heterocycles. The van der Waals surface area contributed by atoms with E-state index in [-0.39, 0.29) is 24.0 Å². The molecule has 3 rings (SSSR count). The van der Waals surface area contributed by atoms with Crippen LogP contribution in [0.3, 0.4) is 0 Å². The van der Waals surface area contributed by atoms with Gasteiger partial charge in [-0.15, -0.1) is 24.0 Å². The van der Waals surface area contributed by atoms with Crippen molar-refractivity contribution < 1.29 is 0 Å². The van der Waals surface area contributed by atoms with Crippen molar-refractivity contribution in [2.75, 3.05) is 24.5 Å². The lowest BCUT2D eigenvalue weighted by Gasteiger charge is -2.21. The predicted octanol–water partition coefficient (Wildman–Crippen LogP) is 3.85. The number of nitrogens with one attached hydrogen (secondary N) is 2. The van der Waals surface area contributed by atoms with Crippen LogP contribution >= 0.6 is 24.0 Å². The summed E-state index contributed by atoms with van der Waals surface area (Å²) >= 11 is 0. The lowest BCUT2D eigenvalue weighted by atomic mass is 10.2. The summed E-state index contributed by atoms with van der Waals surface area (Å²) in [6.45, 7) is 5.91. The molecule has 1 aliphatic carbocycles. The molecule has 0 aromatic carbocycles. The molecule has 0 amide bonds. The number of guanidine groups is 1. The van der Waals surface area contributed by atoms with Gasteiger partial charge >= 0.3 is 0 Å². The Hall–Kier alpha value is -1.31. The average Bonchev–Trinajstić information content (AvgIpc) is 2.99. The second-order valence-electron chi connectivity index (χ2n) is 6.90. The van der Waals surface area contributed by atoms with Gasteiger partial charge in [-0.25, -0.2) is 9.98 Å². The summed E-state index contributed by atoms with van der Waals surface area (Å²) in [5.74, 6) is 2.01. The fourth-order valence-electron chi connectivity index (χ4n) is 3.45. The molecule has 0 spiro atoms. The molecule has 0 radical (unpaired) electrons. The third kappa shape index (κ3) is 6.45. The van der Waals surface area contributed by atoms with Crippen LogP contribution in [0.2, 0.25) is 0 Å². The van der Waals surface area contributed by atoms with Crippen LogP contribution in [-0.2, 0) is 6.54 Å². The first-order valence-electron chi connectivity index (χ1n) is 9.75. The molecule has 2 heterocycles. The second-order valence-corrected chi connectivity index (χ2v) is 6.90. The van der Waals surface area contributed by atoms with Crippen molar-refractivity contribution in [3.8, 4) is 0 Å². The lowest BCUT2D eigenvalue weighted by molar-refractivity contribution is 0.633. The molecule has 6 heteroatoms. The van der Waals surface area contributed by atoms with Crippen molar-refractivity contribution in [3.63, 3.8) is 0 Å². The first kappa shape index (κ1) is 21.0. The van der Waals surface area contributed by atoms with E-state index < -0.39 is 0 Å². The Morgan fingerprint density at radius 3 is 2.62 bits per heavy atom. The van der Waals surface area contributed by atoms with Gasteiger partial charge in [-0.1, -0.05) is 25.0 Å². The van der Waals surface area contributed by atoms with E-state index >= 15 is 0 Å². The number of hydrogen-bond acceptors (Lipinski definition) is 3. The quantitative estimate of drug-likeness (QED) is 0.298. The van der Waals surface area contributed by atoms with E-state index in [1.807, 2.05) is 6.20 Å². The monoisotopic (exact) mass is 469 g/mol. The summed E-state index contributed by atoms with van der Waals surface area (Å²) in [7, 11) is 0. The molecular formula is C20H32IN5. The molecule has 2 N–H and O–H groups in total. The highest BCUT2D eigenvalue weighted by Crippen LogP contribution is 2.18. The molecule has 0 atom stereocenters. The fourth-order valence-corrected chi connectivity index (χ4v) is 3.45. The maximum atomic E-state index is 4.77. The van der Waals surface area contributed by atoms with Crippen molar-refractivity contribution >= 4 is 35.8 Å². The minimum Gasteiger partial charge on any atom is -0.357 e. The standard InChI is InChI=1S/C20H31N5.HI/c1-2-21-20(24-18-9-5-6-10-18)23-16-17-11-12-22-19(15-17)25-13-7-3-4-8-14-25;/h5-6,11-12,15,18H,2-4,7-10,13-14,16H2,1H3,(H2,21,23,24);1H. The fraction of sp³-hybridized carbons (Fsp3) is 0.600. The second kappa shape index (κ2) is 11.4. The van der Waals surface area contributed by atoms with Crippen molar-refractivity contribution in [1.29, 1.82) is 0 Å². The van der Waals surface area contributed by atoms with Crippen molar-refractivity contribution in [2.45, 2.75) is 58.0 Å². The van der Waals surface area contributed by atoms with E-state index in [0.717, 1.165) is 44.3 Å². The van der Waals surface area contributed by atoms with Crippen LogP contribution in [0, 0.1) is 0 Å². The average molecular weight is 469 g/mol. The van der Waals surface area contributed by atoms with E-state index in [0.29, 0.717) is 12.6 Å². The van der Waals surface area contributed by atoms with Crippen LogP contribution < -0.4 is 15.5 Å². The minimum atomic E-state index is 0. The van der Waals surface area contributed by atoms with E-state index in [9.17, 15) is 0 Å². The van der Waals surface area contributed by atoms with Crippen LogP contribution in [0.15, 0.2) is 35.5 Å². The number of pyridine rings is 1. The van der Waals surface area contributed by atoms with Gasteiger partial charge in [0.25, 0.3) is 0 Å². The molecule has 1 aliphatic heterocycles. The van der Waals surface area contributed by atoms with E-state index in [2.05, 4.69) is 51.7 Å². The zero-order valence-electron chi connectivity index (χ0n) is 15.8. The molecule has 0 saturated carbocycles.